The summed E-state index contributed by atoms with van der Waals surface area (Å²) in [4.78, 5) is 26.7. The normalized spacial score (nSPS) is 13.8. The average Bonchev–Trinajstić information content (AvgIpc) is 3.56. The SMILES string of the molecule is O=C(NNC(=O)C1(c2ccccc2)CC1)c1ccc(Cn2nnc(-c3ccccc3)n2)cc1. The maximum atomic E-state index is 12.7. The molecular formula is C25H22N6O2. The number of carbonyl (C=O) groups excluding carboxylic acids is 2. The van der Waals surface area contributed by atoms with Crippen molar-refractivity contribution in [3.05, 3.63) is 102 Å². The van der Waals surface area contributed by atoms with E-state index in [4.69, 9.17) is 0 Å². The highest BCUT2D eigenvalue weighted by Crippen LogP contribution is 2.48. The number of nitrogens with zero attached hydrogens (tertiary/aromatic N) is 4. The van der Waals surface area contributed by atoms with Gasteiger partial charge in [0.25, 0.3) is 5.91 Å². The molecule has 0 spiro atoms. The lowest BCUT2D eigenvalue weighted by Crippen LogP contribution is -2.46. The number of hydrazine groups is 1. The second kappa shape index (κ2) is 8.66. The Morgan fingerprint density at radius 2 is 1.52 bits per heavy atom. The zero-order valence-electron chi connectivity index (χ0n) is 17.8. The average molecular weight is 438 g/mol. The number of hydrogen-bond donors (Lipinski definition) is 2. The molecule has 33 heavy (non-hydrogen) atoms. The zero-order chi connectivity index (χ0) is 22.7. The lowest BCUT2D eigenvalue weighted by molar-refractivity contribution is -0.124. The summed E-state index contributed by atoms with van der Waals surface area (Å²) in [5, 5.41) is 12.6. The van der Waals surface area contributed by atoms with Gasteiger partial charge in [-0.05, 0) is 41.3 Å². The first-order valence-electron chi connectivity index (χ1n) is 10.7. The number of amides is 2. The Hall–Kier alpha value is -4.33. The van der Waals surface area contributed by atoms with Gasteiger partial charge in [-0.3, -0.25) is 20.4 Å². The van der Waals surface area contributed by atoms with Crippen LogP contribution >= 0.6 is 0 Å². The molecule has 8 nitrogen and oxygen atoms in total. The highest BCUT2D eigenvalue weighted by Gasteiger charge is 2.51. The molecule has 3 aromatic carbocycles. The summed E-state index contributed by atoms with van der Waals surface area (Å²) in [6.45, 7) is 0.429. The molecule has 4 aromatic rings. The van der Waals surface area contributed by atoms with E-state index in [2.05, 4.69) is 26.3 Å². The third kappa shape index (κ3) is 4.36. The van der Waals surface area contributed by atoms with Crippen LogP contribution in [0.15, 0.2) is 84.9 Å². The van der Waals surface area contributed by atoms with Crippen molar-refractivity contribution in [1.82, 2.24) is 31.1 Å². The molecule has 164 valence electrons. The summed E-state index contributed by atoms with van der Waals surface area (Å²) < 4.78 is 0. The van der Waals surface area contributed by atoms with E-state index in [0.29, 0.717) is 17.9 Å². The maximum Gasteiger partial charge on any atom is 0.269 e. The highest BCUT2D eigenvalue weighted by molar-refractivity contribution is 5.97. The first kappa shape index (κ1) is 20.6. The molecule has 0 radical (unpaired) electrons. The zero-order valence-corrected chi connectivity index (χ0v) is 17.8. The lowest BCUT2D eigenvalue weighted by atomic mass is 9.95. The summed E-state index contributed by atoms with van der Waals surface area (Å²) in [6, 6.07) is 26.4. The molecule has 1 aliphatic carbocycles. The molecule has 0 bridgehead atoms. The first-order valence-corrected chi connectivity index (χ1v) is 10.7. The molecule has 8 heteroatoms. The van der Waals surface area contributed by atoms with Crippen molar-refractivity contribution in [3.8, 4) is 11.4 Å². The van der Waals surface area contributed by atoms with Crippen molar-refractivity contribution in [3.63, 3.8) is 0 Å². The molecule has 1 fully saturated rings. The molecule has 0 unspecified atom stereocenters. The van der Waals surface area contributed by atoms with Gasteiger partial charge < -0.3 is 0 Å². The quantitative estimate of drug-likeness (QED) is 0.451. The summed E-state index contributed by atoms with van der Waals surface area (Å²) in [7, 11) is 0. The standard InChI is InChI=1S/C25H22N6O2/c32-23(27-28-24(33)25(15-16-25)21-9-5-2-6-10-21)20-13-11-18(12-14-20)17-31-29-22(26-30-31)19-7-3-1-4-8-19/h1-14H,15-17H2,(H,27,32)(H,28,33). The Morgan fingerprint density at radius 1 is 0.848 bits per heavy atom. The molecule has 1 heterocycles. The molecule has 0 saturated heterocycles. The summed E-state index contributed by atoms with van der Waals surface area (Å²) >= 11 is 0. The fourth-order valence-corrected chi connectivity index (χ4v) is 3.77. The van der Waals surface area contributed by atoms with Crippen molar-refractivity contribution in [2.75, 3.05) is 0 Å². The van der Waals surface area contributed by atoms with Crippen LogP contribution in [-0.4, -0.2) is 32.0 Å². The Bertz CT molecular complexity index is 1270. The second-order valence-corrected chi connectivity index (χ2v) is 8.06. The Kier molecular flexibility index (Phi) is 5.40. The van der Waals surface area contributed by atoms with Crippen LogP contribution in [0.3, 0.4) is 0 Å². The summed E-state index contributed by atoms with van der Waals surface area (Å²) in [5.41, 5.74) is 7.81. The predicted molar refractivity (Wildman–Crippen MR) is 122 cm³/mol. The van der Waals surface area contributed by atoms with Crippen molar-refractivity contribution < 1.29 is 9.59 Å². The minimum Gasteiger partial charge on any atom is -0.272 e. The highest BCUT2D eigenvalue weighted by atomic mass is 16.2. The summed E-state index contributed by atoms with van der Waals surface area (Å²) in [5.74, 6) is 0.000398. The van der Waals surface area contributed by atoms with Gasteiger partial charge in [0.15, 0.2) is 0 Å². The van der Waals surface area contributed by atoms with Gasteiger partial charge in [0.2, 0.25) is 11.7 Å². The van der Waals surface area contributed by atoms with Gasteiger partial charge >= 0.3 is 0 Å². The van der Waals surface area contributed by atoms with Crippen molar-refractivity contribution in [1.29, 1.82) is 0 Å². The number of nitrogens with one attached hydrogen (secondary N) is 2. The van der Waals surface area contributed by atoms with Crippen LogP contribution in [0.1, 0.15) is 34.3 Å². The number of rotatable bonds is 6. The number of hydrogen-bond acceptors (Lipinski definition) is 5. The van der Waals surface area contributed by atoms with Crippen LogP contribution in [0.2, 0.25) is 0 Å². The van der Waals surface area contributed by atoms with E-state index in [1.165, 1.54) is 4.80 Å². The lowest BCUT2D eigenvalue weighted by Gasteiger charge is -2.16. The first-order chi connectivity index (χ1) is 16.1. The van der Waals surface area contributed by atoms with Gasteiger partial charge in [-0.2, -0.15) is 4.80 Å². The number of carbonyl (C=O) groups is 2. The van der Waals surface area contributed by atoms with Gasteiger partial charge in [-0.1, -0.05) is 72.8 Å². The molecule has 2 amide bonds. The van der Waals surface area contributed by atoms with Crippen LogP contribution in [-0.2, 0) is 16.8 Å². The topological polar surface area (TPSA) is 102 Å². The van der Waals surface area contributed by atoms with E-state index in [-0.39, 0.29) is 11.8 Å². The van der Waals surface area contributed by atoms with Gasteiger partial charge in [0.05, 0.1) is 12.0 Å². The van der Waals surface area contributed by atoms with Crippen molar-refractivity contribution in [2.45, 2.75) is 24.8 Å². The van der Waals surface area contributed by atoms with E-state index >= 15 is 0 Å². The van der Waals surface area contributed by atoms with Crippen molar-refractivity contribution in [2.24, 2.45) is 0 Å². The third-order valence-corrected chi connectivity index (χ3v) is 5.83. The molecule has 1 saturated carbocycles. The maximum absolute atomic E-state index is 12.7. The molecule has 1 aromatic heterocycles. The molecule has 2 N–H and O–H groups in total. The largest absolute Gasteiger partial charge is 0.272 e. The van der Waals surface area contributed by atoms with E-state index < -0.39 is 5.41 Å². The van der Waals surface area contributed by atoms with E-state index in [0.717, 1.165) is 29.5 Å². The third-order valence-electron chi connectivity index (χ3n) is 5.83. The Balaban J connectivity index is 1.17. The van der Waals surface area contributed by atoms with Gasteiger partial charge in [-0.15, -0.1) is 10.2 Å². The second-order valence-electron chi connectivity index (χ2n) is 8.06. The van der Waals surface area contributed by atoms with E-state index in [9.17, 15) is 9.59 Å². The molecule has 1 aliphatic rings. The van der Waals surface area contributed by atoms with Gasteiger partial charge in [0, 0.05) is 11.1 Å². The number of aromatic nitrogens is 4. The minimum absolute atomic E-state index is 0.190. The molecule has 5 rings (SSSR count). The fourth-order valence-electron chi connectivity index (χ4n) is 3.77. The van der Waals surface area contributed by atoms with Crippen LogP contribution in [0.4, 0.5) is 0 Å². The fraction of sp³-hybridized carbons (Fsp3) is 0.160. The Labute approximate surface area is 190 Å². The minimum atomic E-state index is -0.540. The van der Waals surface area contributed by atoms with Crippen LogP contribution in [0.5, 0.6) is 0 Å². The van der Waals surface area contributed by atoms with Crippen molar-refractivity contribution >= 4 is 11.8 Å². The van der Waals surface area contributed by atoms with Crippen LogP contribution in [0, 0.1) is 0 Å². The van der Waals surface area contributed by atoms with Crippen LogP contribution in [0.25, 0.3) is 11.4 Å². The molecule has 0 aliphatic heterocycles. The summed E-state index contributed by atoms with van der Waals surface area (Å²) in [6.07, 6.45) is 1.55. The number of tetrazole rings is 1. The van der Waals surface area contributed by atoms with E-state index in [1.807, 2.05) is 72.8 Å². The molecule has 0 atom stereocenters. The van der Waals surface area contributed by atoms with E-state index in [1.54, 1.807) is 12.1 Å². The number of benzene rings is 3. The smallest absolute Gasteiger partial charge is 0.269 e. The molecular weight excluding hydrogens is 416 g/mol. The van der Waals surface area contributed by atoms with Gasteiger partial charge in [0.1, 0.15) is 0 Å². The Morgan fingerprint density at radius 3 is 2.18 bits per heavy atom. The van der Waals surface area contributed by atoms with Crippen LogP contribution < -0.4 is 10.9 Å². The predicted octanol–water partition coefficient (Wildman–Crippen LogP) is 2.88. The monoisotopic (exact) mass is 438 g/mol. The van der Waals surface area contributed by atoms with Gasteiger partial charge in [-0.25, -0.2) is 0 Å².